The normalized spacial score (nSPS) is 11.6. The number of carbonyl (C=O) groups is 1. The van der Waals surface area contributed by atoms with Crippen LogP contribution in [0.5, 0.6) is 0 Å². The van der Waals surface area contributed by atoms with Crippen molar-refractivity contribution in [1.29, 1.82) is 0 Å². The lowest BCUT2D eigenvalue weighted by molar-refractivity contribution is -0.131. The molecular formula is C20H32N6O. The molecule has 0 spiro atoms. The van der Waals surface area contributed by atoms with E-state index in [-0.39, 0.29) is 5.91 Å². The molecule has 0 aliphatic carbocycles. The molecule has 0 saturated heterocycles. The zero-order chi connectivity index (χ0) is 19.6. The summed E-state index contributed by atoms with van der Waals surface area (Å²) in [6.45, 7) is 10.2. The van der Waals surface area contributed by atoms with Crippen molar-refractivity contribution in [2.75, 3.05) is 39.8 Å². The van der Waals surface area contributed by atoms with Gasteiger partial charge in [0.2, 0.25) is 5.91 Å². The number of nitrogens with zero attached hydrogens (tertiary/aromatic N) is 5. The second-order valence-electron chi connectivity index (χ2n) is 6.44. The number of hydrogen-bond acceptors (Lipinski definition) is 3. The first-order valence-electron chi connectivity index (χ1n) is 9.77. The molecule has 148 valence electrons. The second-order valence-corrected chi connectivity index (χ2v) is 6.44. The minimum absolute atomic E-state index is 0.123. The number of aromatic nitrogens is 2. The quantitative estimate of drug-likeness (QED) is 0.416. The molecule has 7 nitrogen and oxygen atoms in total. The van der Waals surface area contributed by atoms with Gasteiger partial charge in [-0.2, -0.15) is 0 Å². The van der Waals surface area contributed by atoms with Gasteiger partial charge in [-0.1, -0.05) is 12.1 Å². The number of carbonyl (C=O) groups excluding carboxylic acids is 1. The Labute approximate surface area is 162 Å². The van der Waals surface area contributed by atoms with E-state index in [0.29, 0.717) is 13.1 Å². The number of benzene rings is 1. The summed E-state index contributed by atoms with van der Waals surface area (Å²) in [7, 11) is 1.91. The van der Waals surface area contributed by atoms with Gasteiger partial charge in [-0.05, 0) is 39.3 Å². The molecule has 0 bridgehead atoms. The van der Waals surface area contributed by atoms with Gasteiger partial charge in [-0.15, -0.1) is 0 Å². The molecule has 0 radical (unpaired) electrons. The van der Waals surface area contributed by atoms with Crippen molar-refractivity contribution in [2.45, 2.75) is 33.7 Å². The average Bonchev–Trinajstić information content (AvgIpc) is 3.08. The van der Waals surface area contributed by atoms with Crippen molar-refractivity contribution >= 4 is 22.9 Å². The molecule has 1 N–H and O–H groups in total. The van der Waals surface area contributed by atoms with Crippen molar-refractivity contribution in [3.05, 3.63) is 30.6 Å². The number of rotatable bonds is 9. The molecule has 2 aromatic rings. The Hall–Kier alpha value is -2.57. The maximum Gasteiger partial charge on any atom is 0.242 e. The van der Waals surface area contributed by atoms with Crippen molar-refractivity contribution in [1.82, 2.24) is 24.7 Å². The third kappa shape index (κ3) is 5.70. The summed E-state index contributed by atoms with van der Waals surface area (Å²) >= 11 is 0. The number of nitrogens with one attached hydrogen (secondary N) is 1. The van der Waals surface area contributed by atoms with Crippen molar-refractivity contribution in [3.63, 3.8) is 0 Å². The van der Waals surface area contributed by atoms with E-state index in [1.165, 1.54) is 0 Å². The highest BCUT2D eigenvalue weighted by molar-refractivity contribution is 5.86. The van der Waals surface area contributed by atoms with Crippen molar-refractivity contribution in [2.24, 2.45) is 4.99 Å². The van der Waals surface area contributed by atoms with Gasteiger partial charge < -0.3 is 19.7 Å². The number of aliphatic imine (C=N–C) groups is 1. The Morgan fingerprint density at radius 2 is 1.96 bits per heavy atom. The smallest absolute Gasteiger partial charge is 0.242 e. The van der Waals surface area contributed by atoms with E-state index in [0.717, 1.165) is 49.6 Å². The van der Waals surface area contributed by atoms with Crippen LogP contribution in [0.1, 0.15) is 27.2 Å². The molecule has 1 aromatic carbocycles. The van der Waals surface area contributed by atoms with Crippen LogP contribution in [-0.4, -0.2) is 71.0 Å². The van der Waals surface area contributed by atoms with Crippen LogP contribution < -0.4 is 5.32 Å². The lowest BCUT2D eigenvalue weighted by Gasteiger charge is -2.25. The van der Waals surface area contributed by atoms with Gasteiger partial charge in [-0.3, -0.25) is 9.79 Å². The topological polar surface area (TPSA) is 65.8 Å². The molecule has 1 amide bonds. The van der Waals surface area contributed by atoms with Crippen LogP contribution in [0, 0.1) is 0 Å². The lowest BCUT2D eigenvalue weighted by atomic mass is 10.3. The molecule has 7 heteroatoms. The van der Waals surface area contributed by atoms with E-state index in [4.69, 9.17) is 0 Å². The van der Waals surface area contributed by atoms with Crippen LogP contribution in [0.3, 0.4) is 0 Å². The van der Waals surface area contributed by atoms with Crippen LogP contribution in [0.4, 0.5) is 0 Å². The van der Waals surface area contributed by atoms with E-state index in [9.17, 15) is 4.79 Å². The highest BCUT2D eigenvalue weighted by Gasteiger charge is 2.14. The first-order chi connectivity index (χ1) is 13.1. The average molecular weight is 373 g/mol. The zero-order valence-electron chi connectivity index (χ0n) is 17.0. The van der Waals surface area contributed by atoms with Crippen molar-refractivity contribution < 1.29 is 4.79 Å². The van der Waals surface area contributed by atoms with Gasteiger partial charge in [-0.25, -0.2) is 4.98 Å². The van der Waals surface area contributed by atoms with E-state index >= 15 is 0 Å². The molecule has 0 saturated carbocycles. The summed E-state index contributed by atoms with van der Waals surface area (Å²) in [5.74, 6) is 0.895. The van der Waals surface area contributed by atoms with Gasteiger partial charge in [0.05, 0.1) is 23.9 Å². The maximum atomic E-state index is 12.3. The Morgan fingerprint density at radius 3 is 2.67 bits per heavy atom. The third-order valence-electron chi connectivity index (χ3n) is 4.53. The van der Waals surface area contributed by atoms with Gasteiger partial charge in [0.15, 0.2) is 5.96 Å². The Morgan fingerprint density at radius 1 is 1.22 bits per heavy atom. The molecule has 27 heavy (non-hydrogen) atoms. The summed E-state index contributed by atoms with van der Waals surface area (Å²) < 4.78 is 2.16. The molecule has 0 aliphatic rings. The fraction of sp³-hybridized carbons (Fsp3) is 0.550. The van der Waals surface area contributed by atoms with E-state index in [2.05, 4.69) is 25.9 Å². The van der Waals surface area contributed by atoms with Crippen LogP contribution in [0.25, 0.3) is 11.0 Å². The molecule has 1 aromatic heterocycles. The number of hydrogen-bond donors (Lipinski definition) is 1. The number of likely N-dealkylation sites (N-methyl/N-ethyl adjacent to an activating group) is 2. The van der Waals surface area contributed by atoms with E-state index < -0.39 is 0 Å². The number of guanidine groups is 1. The minimum Gasteiger partial charge on any atom is -0.357 e. The summed E-state index contributed by atoms with van der Waals surface area (Å²) in [6.07, 6.45) is 2.79. The lowest BCUT2D eigenvalue weighted by Crippen LogP contribution is -2.45. The molecular weight excluding hydrogens is 340 g/mol. The van der Waals surface area contributed by atoms with Crippen LogP contribution in [-0.2, 0) is 11.3 Å². The number of amides is 1. The van der Waals surface area contributed by atoms with Gasteiger partial charge in [0, 0.05) is 39.8 Å². The summed E-state index contributed by atoms with van der Waals surface area (Å²) in [4.78, 5) is 25.2. The van der Waals surface area contributed by atoms with Crippen molar-refractivity contribution in [3.8, 4) is 0 Å². The predicted molar refractivity (Wildman–Crippen MR) is 111 cm³/mol. The standard InChI is InChI=1S/C20H32N6O/c1-5-21-20(24(4)15-19(27)25(6-2)7-3)22-13-10-14-26-16-23-17-11-8-9-12-18(17)26/h8-9,11-12,16H,5-7,10,13-15H2,1-4H3,(H,21,22). The molecule has 0 atom stereocenters. The highest BCUT2D eigenvalue weighted by atomic mass is 16.2. The van der Waals surface area contributed by atoms with Gasteiger partial charge >= 0.3 is 0 Å². The molecule has 2 rings (SSSR count). The molecule has 0 aliphatic heterocycles. The summed E-state index contributed by atoms with van der Waals surface area (Å²) in [6, 6.07) is 8.14. The van der Waals surface area contributed by atoms with Gasteiger partial charge in [0.25, 0.3) is 0 Å². The third-order valence-corrected chi connectivity index (χ3v) is 4.53. The van der Waals surface area contributed by atoms with Crippen LogP contribution >= 0.6 is 0 Å². The fourth-order valence-corrected chi connectivity index (χ4v) is 3.04. The number of para-hydroxylation sites is 2. The Balaban J connectivity index is 1.91. The largest absolute Gasteiger partial charge is 0.357 e. The number of aryl methyl sites for hydroxylation is 1. The van der Waals surface area contributed by atoms with E-state index in [1.54, 1.807) is 0 Å². The van der Waals surface area contributed by atoms with Crippen LogP contribution in [0.2, 0.25) is 0 Å². The fourth-order valence-electron chi connectivity index (χ4n) is 3.04. The first-order valence-corrected chi connectivity index (χ1v) is 9.77. The zero-order valence-corrected chi connectivity index (χ0v) is 17.0. The minimum atomic E-state index is 0.123. The monoisotopic (exact) mass is 372 g/mol. The molecule has 0 unspecified atom stereocenters. The van der Waals surface area contributed by atoms with Gasteiger partial charge in [0.1, 0.15) is 0 Å². The number of fused-ring (bicyclic) bond motifs is 1. The molecule has 0 fully saturated rings. The maximum absolute atomic E-state index is 12.3. The predicted octanol–water partition coefficient (Wildman–Crippen LogP) is 2.19. The van der Waals surface area contributed by atoms with Crippen LogP contribution in [0.15, 0.2) is 35.6 Å². The highest BCUT2D eigenvalue weighted by Crippen LogP contribution is 2.12. The Kier molecular flexibility index (Phi) is 8.10. The van der Waals surface area contributed by atoms with E-state index in [1.807, 2.05) is 62.1 Å². The summed E-state index contributed by atoms with van der Waals surface area (Å²) in [5.41, 5.74) is 2.17. The first kappa shape index (κ1) is 20.7. The summed E-state index contributed by atoms with van der Waals surface area (Å²) in [5, 5.41) is 3.27. The number of imidazole rings is 1. The SMILES string of the molecule is CCNC(=NCCCn1cnc2ccccc21)N(C)CC(=O)N(CC)CC. The second kappa shape index (κ2) is 10.5. The Bertz CT molecular complexity index is 750. The molecule has 1 heterocycles.